The van der Waals surface area contributed by atoms with Crippen LogP contribution in [0.1, 0.15) is 15.4 Å². The lowest BCUT2D eigenvalue weighted by molar-refractivity contribution is 0.0949. The largest absolute Gasteiger partial charge is 0.475 e. The lowest BCUT2D eigenvalue weighted by Gasteiger charge is -2.06. The van der Waals surface area contributed by atoms with Crippen molar-refractivity contribution in [3.05, 3.63) is 76.5 Å². The van der Waals surface area contributed by atoms with Crippen LogP contribution < -0.4 is 10.1 Å². The number of nitrogens with zero attached hydrogens (tertiary/aromatic N) is 4. The van der Waals surface area contributed by atoms with E-state index >= 15 is 0 Å². The monoisotopic (exact) mass is 479 g/mol. The molecule has 5 aromatic rings. The van der Waals surface area contributed by atoms with Crippen molar-refractivity contribution in [3.63, 3.8) is 0 Å². The fourth-order valence-corrected chi connectivity index (χ4v) is 4.99. The summed E-state index contributed by atoms with van der Waals surface area (Å²) in [6, 6.07) is 13.7. The van der Waals surface area contributed by atoms with Gasteiger partial charge in [-0.25, -0.2) is 9.37 Å². The van der Waals surface area contributed by atoms with Gasteiger partial charge in [-0.2, -0.15) is 0 Å². The summed E-state index contributed by atoms with van der Waals surface area (Å²) in [4.78, 5) is 19.6. The van der Waals surface area contributed by atoms with Crippen molar-refractivity contribution in [2.45, 2.75) is 6.92 Å². The van der Waals surface area contributed by atoms with Crippen LogP contribution in [0.15, 0.2) is 60.1 Å². The van der Waals surface area contributed by atoms with E-state index in [9.17, 15) is 9.18 Å². The summed E-state index contributed by atoms with van der Waals surface area (Å²) in [5.74, 6) is -0.0703. The first kappa shape index (κ1) is 21.2. The predicted octanol–water partition coefficient (Wildman–Crippen LogP) is 4.84. The number of fused-ring (bicyclic) bond motifs is 1. The molecule has 4 heterocycles. The molecule has 1 N–H and O–H groups in total. The van der Waals surface area contributed by atoms with Crippen molar-refractivity contribution in [1.82, 2.24) is 24.9 Å². The molecule has 0 aliphatic heterocycles. The van der Waals surface area contributed by atoms with Crippen molar-refractivity contribution < 1.29 is 13.9 Å². The number of aromatic nitrogens is 4. The fourth-order valence-electron chi connectivity index (χ4n) is 3.27. The summed E-state index contributed by atoms with van der Waals surface area (Å²) in [7, 11) is 0. The number of benzene rings is 1. The van der Waals surface area contributed by atoms with E-state index in [-0.39, 0.29) is 18.3 Å². The van der Waals surface area contributed by atoms with E-state index in [1.165, 1.54) is 23.5 Å². The van der Waals surface area contributed by atoms with Gasteiger partial charge in [-0.1, -0.05) is 17.4 Å². The Kier molecular flexibility index (Phi) is 5.84. The zero-order chi connectivity index (χ0) is 22.8. The Morgan fingerprint density at radius 2 is 1.97 bits per heavy atom. The summed E-state index contributed by atoms with van der Waals surface area (Å²) >= 11 is 2.91. The summed E-state index contributed by atoms with van der Waals surface area (Å²) in [5.41, 5.74) is 3.15. The topological polar surface area (TPSA) is 81.4 Å². The number of ether oxygens (including phenoxy) is 1. The van der Waals surface area contributed by atoms with Gasteiger partial charge < -0.3 is 10.1 Å². The van der Waals surface area contributed by atoms with Gasteiger partial charge in [0.05, 0.1) is 17.1 Å². The molecular formula is C23H18FN5O2S2. The minimum atomic E-state index is -0.290. The zero-order valence-corrected chi connectivity index (χ0v) is 19.1. The Morgan fingerprint density at radius 1 is 1.12 bits per heavy atom. The van der Waals surface area contributed by atoms with Crippen LogP contribution in [-0.4, -0.2) is 38.6 Å². The van der Waals surface area contributed by atoms with Gasteiger partial charge in [0.1, 0.15) is 23.0 Å². The molecule has 0 atom stereocenters. The molecule has 0 aliphatic rings. The van der Waals surface area contributed by atoms with Crippen LogP contribution in [0.25, 0.3) is 26.8 Å². The number of rotatable bonds is 7. The average molecular weight is 480 g/mol. The highest BCUT2D eigenvalue weighted by molar-refractivity contribution is 7.19. The van der Waals surface area contributed by atoms with Crippen molar-refractivity contribution in [2.24, 2.45) is 0 Å². The van der Waals surface area contributed by atoms with Gasteiger partial charge in [0.25, 0.3) is 5.91 Å². The maximum absolute atomic E-state index is 13.2. The average Bonchev–Trinajstić information content (AvgIpc) is 3.56. The molecular weight excluding hydrogens is 461 g/mol. The van der Waals surface area contributed by atoms with Gasteiger partial charge in [-0.15, -0.1) is 21.5 Å². The second kappa shape index (κ2) is 9.08. The highest BCUT2D eigenvalue weighted by atomic mass is 32.1. The first-order valence-electron chi connectivity index (χ1n) is 10.1. The Balaban J connectivity index is 1.17. The van der Waals surface area contributed by atoms with Gasteiger partial charge in [0.15, 0.2) is 4.96 Å². The Morgan fingerprint density at radius 3 is 2.67 bits per heavy atom. The molecule has 0 aliphatic carbocycles. The smallest absolute Gasteiger partial charge is 0.263 e. The molecule has 1 aromatic carbocycles. The Labute approximate surface area is 196 Å². The zero-order valence-electron chi connectivity index (χ0n) is 17.5. The van der Waals surface area contributed by atoms with Gasteiger partial charge in [0.2, 0.25) is 5.88 Å². The van der Waals surface area contributed by atoms with Gasteiger partial charge in [-0.05, 0) is 48.7 Å². The lowest BCUT2D eigenvalue weighted by atomic mass is 10.2. The number of nitrogens with one attached hydrogen (secondary N) is 1. The Bertz CT molecular complexity index is 1390. The number of hydrogen-bond acceptors (Lipinski definition) is 7. The van der Waals surface area contributed by atoms with Gasteiger partial charge in [0, 0.05) is 23.5 Å². The number of carbonyl (C=O) groups is 1. The molecule has 4 aromatic heterocycles. The minimum absolute atomic E-state index is 0.186. The van der Waals surface area contributed by atoms with E-state index in [4.69, 9.17) is 4.74 Å². The Hall–Kier alpha value is -3.63. The maximum atomic E-state index is 13.2. The molecule has 1 amide bonds. The molecule has 0 spiro atoms. The van der Waals surface area contributed by atoms with Crippen LogP contribution in [0, 0.1) is 12.7 Å². The summed E-state index contributed by atoms with van der Waals surface area (Å²) < 4.78 is 20.6. The van der Waals surface area contributed by atoms with Crippen molar-refractivity contribution >= 4 is 33.5 Å². The molecule has 0 unspecified atom stereocenters. The fraction of sp³-hybridized carbons (Fsp3) is 0.130. The van der Waals surface area contributed by atoms with Crippen LogP contribution in [0.4, 0.5) is 4.39 Å². The summed E-state index contributed by atoms with van der Waals surface area (Å²) in [6.45, 7) is 2.47. The highest BCUT2D eigenvalue weighted by Crippen LogP contribution is 2.27. The van der Waals surface area contributed by atoms with Crippen LogP contribution in [0.2, 0.25) is 0 Å². The summed E-state index contributed by atoms with van der Waals surface area (Å²) in [5, 5.41) is 13.1. The third-order valence-corrected chi connectivity index (χ3v) is 7.00. The predicted molar refractivity (Wildman–Crippen MR) is 126 cm³/mol. The van der Waals surface area contributed by atoms with E-state index in [0.717, 1.165) is 27.5 Å². The molecule has 5 rings (SSSR count). The maximum Gasteiger partial charge on any atom is 0.263 e. The normalized spacial score (nSPS) is 11.1. The molecule has 166 valence electrons. The quantitative estimate of drug-likeness (QED) is 0.338. The molecule has 0 saturated heterocycles. The molecule has 7 nitrogen and oxygen atoms in total. The minimum Gasteiger partial charge on any atom is -0.475 e. The number of carbonyl (C=O) groups excluding carboxylic acids is 1. The number of hydrogen-bond donors (Lipinski definition) is 1. The molecule has 0 saturated carbocycles. The molecule has 10 heteroatoms. The molecule has 0 bridgehead atoms. The highest BCUT2D eigenvalue weighted by Gasteiger charge is 2.18. The van der Waals surface area contributed by atoms with E-state index in [0.29, 0.717) is 22.3 Å². The third kappa shape index (κ3) is 4.48. The van der Waals surface area contributed by atoms with Crippen LogP contribution >= 0.6 is 22.7 Å². The van der Waals surface area contributed by atoms with Crippen molar-refractivity contribution in [3.8, 4) is 27.7 Å². The van der Waals surface area contributed by atoms with Crippen LogP contribution in [0.3, 0.4) is 0 Å². The first-order valence-corrected chi connectivity index (χ1v) is 11.8. The van der Waals surface area contributed by atoms with Crippen molar-refractivity contribution in [2.75, 3.05) is 13.2 Å². The van der Waals surface area contributed by atoms with Crippen molar-refractivity contribution in [1.29, 1.82) is 0 Å². The second-order valence-electron chi connectivity index (χ2n) is 7.14. The summed E-state index contributed by atoms with van der Waals surface area (Å²) in [6.07, 6.45) is 1.85. The van der Waals surface area contributed by atoms with Gasteiger partial charge in [-0.3, -0.25) is 9.20 Å². The van der Waals surface area contributed by atoms with E-state index in [2.05, 4.69) is 20.5 Å². The molecule has 0 radical (unpaired) electrons. The van der Waals surface area contributed by atoms with E-state index in [1.54, 1.807) is 29.5 Å². The number of thiophene rings is 1. The number of aryl methyl sites for hydroxylation is 1. The lowest BCUT2D eigenvalue weighted by Crippen LogP contribution is -2.28. The SMILES string of the molecule is Cc1c(C(=O)NCCOc2ccc(-c3cccs3)nn2)sc2nc(-c3ccc(F)cc3)cn12. The number of halogens is 1. The standard InChI is InChI=1S/C23H18FN5O2S2/c1-14-21(33-23-26-18(13-29(14)23)15-4-6-16(24)7-5-15)22(30)25-10-11-31-20-9-8-17(27-28-20)19-3-2-12-32-19/h2-9,12-13H,10-11H2,1H3,(H,25,30). The van der Waals surface area contributed by atoms with Gasteiger partial charge >= 0.3 is 0 Å². The first-order chi connectivity index (χ1) is 16.1. The third-order valence-electron chi connectivity index (χ3n) is 4.95. The van der Waals surface area contributed by atoms with Crippen LogP contribution in [0.5, 0.6) is 5.88 Å². The molecule has 0 fully saturated rings. The van der Waals surface area contributed by atoms with E-state index < -0.39 is 0 Å². The van der Waals surface area contributed by atoms with Crippen LogP contribution in [-0.2, 0) is 0 Å². The number of thiazole rings is 1. The van der Waals surface area contributed by atoms with E-state index in [1.807, 2.05) is 41.1 Å². The number of imidazole rings is 1. The number of amides is 1. The second-order valence-corrected chi connectivity index (χ2v) is 9.07. The molecule has 33 heavy (non-hydrogen) atoms.